The molecule has 0 saturated carbocycles. The van der Waals surface area contributed by atoms with Crippen LogP contribution in [0.1, 0.15) is 39.7 Å². The van der Waals surface area contributed by atoms with E-state index in [-0.39, 0.29) is 11.3 Å². The summed E-state index contributed by atoms with van der Waals surface area (Å²) in [6.07, 6.45) is 0.395. The summed E-state index contributed by atoms with van der Waals surface area (Å²) >= 11 is 0. The molecule has 1 saturated heterocycles. The monoisotopic (exact) mass is 379 g/mol. The predicted molar refractivity (Wildman–Crippen MR) is 103 cm³/mol. The van der Waals surface area contributed by atoms with Crippen LogP contribution >= 0.6 is 0 Å². The Balaban J connectivity index is 1.97. The van der Waals surface area contributed by atoms with Crippen LogP contribution in [0, 0.1) is 0 Å². The number of sulfonamides is 1. The third kappa shape index (κ3) is 3.28. The van der Waals surface area contributed by atoms with Crippen molar-refractivity contribution in [1.82, 2.24) is 9.21 Å². The highest BCUT2D eigenvalue weighted by Crippen LogP contribution is 2.41. The zero-order valence-corrected chi connectivity index (χ0v) is 17.0. The van der Waals surface area contributed by atoms with Crippen molar-refractivity contribution < 1.29 is 13.2 Å². The second kappa shape index (κ2) is 6.94. The Morgan fingerprint density at radius 1 is 1.04 bits per heavy atom. The van der Waals surface area contributed by atoms with Crippen molar-refractivity contribution in [2.75, 3.05) is 44.2 Å². The standard InChI is InChI=1S/C19H29N3O3S/c1-5-20-9-11-21(12-10-20)26(24,25)15-7-8-17-16(13-15)19(3,4)14-18(23)22(17)6-2/h7-8,13H,5-6,9-12,14H2,1-4H3. The van der Waals surface area contributed by atoms with Gasteiger partial charge in [0.2, 0.25) is 15.9 Å². The molecule has 0 N–H and O–H groups in total. The van der Waals surface area contributed by atoms with Gasteiger partial charge in [0.25, 0.3) is 0 Å². The second-order valence-corrected chi connectivity index (χ2v) is 9.65. The summed E-state index contributed by atoms with van der Waals surface area (Å²) < 4.78 is 27.8. The number of rotatable bonds is 4. The molecule has 0 bridgehead atoms. The first kappa shape index (κ1) is 19.3. The lowest BCUT2D eigenvalue weighted by Gasteiger charge is -2.39. The van der Waals surface area contributed by atoms with Gasteiger partial charge < -0.3 is 9.80 Å². The van der Waals surface area contributed by atoms with Gasteiger partial charge in [-0.15, -0.1) is 0 Å². The van der Waals surface area contributed by atoms with Crippen molar-refractivity contribution in [3.63, 3.8) is 0 Å². The van der Waals surface area contributed by atoms with Gasteiger partial charge in [-0.05, 0) is 37.2 Å². The number of fused-ring (bicyclic) bond motifs is 1. The van der Waals surface area contributed by atoms with Gasteiger partial charge >= 0.3 is 0 Å². The number of piperazine rings is 1. The fourth-order valence-electron chi connectivity index (χ4n) is 3.94. The maximum Gasteiger partial charge on any atom is 0.243 e. The molecule has 6 nitrogen and oxygen atoms in total. The number of carbonyl (C=O) groups is 1. The fourth-order valence-corrected chi connectivity index (χ4v) is 5.39. The van der Waals surface area contributed by atoms with E-state index in [1.165, 1.54) is 0 Å². The van der Waals surface area contributed by atoms with Gasteiger partial charge in [0.15, 0.2) is 0 Å². The maximum atomic E-state index is 13.1. The molecule has 7 heteroatoms. The molecule has 0 aromatic heterocycles. The van der Waals surface area contributed by atoms with E-state index < -0.39 is 10.0 Å². The van der Waals surface area contributed by atoms with Crippen LogP contribution in [0.2, 0.25) is 0 Å². The normalized spacial score (nSPS) is 21.7. The highest BCUT2D eigenvalue weighted by molar-refractivity contribution is 7.89. The molecular formula is C19H29N3O3S. The zero-order valence-electron chi connectivity index (χ0n) is 16.2. The zero-order chi connectivity index (χ0) is 19.1. The van der Waals surface area contributed by atoms with Crippen LogP contribution < -0.4 is 4.90 Å². The third-order valence-corrected chi connectivity index (χ3v) is 7.51. The third-order valence-electron chi connectivity index (χ3n) is 5.61. The minimum absolute atomic E-state index is 0.0938. The van der Waals surface area contributed by atoms with Crippen molar-refractivity contribution in [3.05, 3.63) is 23.8 Å². The number of carbonyl (C=O) groups excluding carboxylic acids is 1. The van der Waals surface area contributed by atoms with Gasteiger partial charge in [0.1, 0.15) is 0 Å². The summed E-state index contributed by atoms with van der Waals surface area (Å²) in [5, 5.41) is 0. The first-order chi connectivity index (χ1) is 12.2. The maximum absolute atomic E-state index is 13.1. The Labute approximate surface area is 156 Å². The molecule has 0 aliphatic carbocycles. The van der Waals surface area contributed by atoms with Gasteiger partial charge in [-0.2, -0.15) is 4.31 Å². The number of anilines is 1. The molecule has 2 heterocycles. The molecule has 2 aliphatic heterocycles. The van der Waals surface area contributed by atoms with Crippen molar-refractivity contribution in [3.8, 4) is 0 Å². The largest absolute Gasteiger partial charge is 0.312 e. The molecule has 1 aromatic rings. The average molecular weight is 380 g/mol. The molecule has 0 spiro atoms. The Hall–Kier alpha value is -1.44. The summed E-state index contributed by atoms with van der Waals surface area (Å²) in [6.45, 7) is 12.2. The Morgan fingerprint density at radius 3 is 2.27 bits per heavy atom. The smallest absolute Gasteiger partial charge is 0.243 e. The van der Waals surface area contributed by atoms with E-state index in [9.17, 15) is 13.2 Å². The molecule has 1 fully saturated rings. The number of nitrogens with zero attached hydrogens (tertiary/aromatic N) is 3. The van der Waals surface area contributed by atoms with Crippen LogP contribution in [-0.2, 0) is 20.2 Å². The predicted octanol–water partition coefficient (Wildman–Crippen LogP) is 2.05. The van der Waals surface area contributed by atoms with E-state index in [0.29, 0.717) is 31.0 Å². The average Bonchev–Trinajstić information content (AvgIpc) is 2.61. The van der Waals surface area contributed by atoms with Crippen LogP contribution in [0.4, 0.5) is 5.69 Å². The molecule has 0 atom stereocenters. The van der Waals surface area contributed by atoms with E-state index in [0.717, 1.165) is 30.9 Å². The topological polar surface area (TPSA) is 60.9 Å². The number of amides is 1. The lowest BCUT2D eigenvalue weighted by molar-refractivity contribution is -0.120. The van der Waals surface area contributed by atoms with Gasteiger partial charge in [0, 0.05) is 50.2 Å². The number of hydrogen-bond donors (Lipinski definition) is 0. The van der Waals surface area contributed by atoms with Crippen LogP contribution in [0.5, 0.6) is 0 Å². The summed E-state index contributed by atoms with van der Waals surface area (Å²) in [6, 6.07) is 5.23. The van der Waals surface area contributed by atoms with Gasteiger partial charge in [-0.3, -0.25) is 4.79 Å². The molecule has 1 aromatic carbocycles. The Morgan fingerprint density at radius 2 is 1.69 bits per heavy atom. The Bertz CT molecular complexity index is 796. The number of benzene rings is 1. The van der Waals surface area contributed by atoms with Crippen molar-refractivity contribution in [1.29, 1.82) is 0 Å². The lowest BCUT2D eigenvalue weighted by Crippen LogP contribution is -2.48. The SMILES string of the molecule is CCN1CCN(S(=O)(=O)c2ccc3c(c2)C(C)(C)CC(=O)N3CC)CC1. The van der Waals surface area contributed by atoms with Crippen LogP contribution in [0.3, 0.4) is 0 Å². The van der Waals surface area contributed by atoms with E-state index >= 15 is 0 Å². The molecule has 0 radical (unpaired) electrons. The number of likely N-dealkylation sites (N-methyl/N-ethyl adjacent to an activating group) is 1. The first-order valence-electron chi connectivity index (χ1n) is 9.38. The summed E-state index contributed by atoms with van der Waals surface area (Å²) in [5.74, 6) is 0.0938. The van der Waals surface area contributed by atoms with Crippen molar-refractivity contribution >= 4 is 21.6 Å². The quantitative estimate of drug-likeness (QED) is 0.803. The van der Waals surface area contributed by atoms with Crippen LogP contribution in [0.25, 0.3) is 0 Å². The van der Waals surface area contributed by atoms with Gasteiger partial charge in [-0.1, -0.05) is 20.8 Å². The molecule has 0 unspecified atom stereocenters. The van der Waals surface area contributed by atoms with E-state index in [1.807, 2.05) is 20.8 Å². The first-order valence-corrected chi connectivity index (χ1v) is 10.8. The van der Waals surface area contributed by atoms with Crippen LogP contribution in [-0.4, -0.2) is 62.8 Å². The minimum Gasteiger partial charge on any atom is -0.312 e. The summed E-state index contributed by atoms with van der Waals surface area (Å²) in [4.78, 5) is 16.7. The highest BCUT2D eigenvalue weighted by Gasteiger charge is 2.37. The van der Waals surface area contributed by atoms with Gasteiger partial charge in [-0.25, -0.2) is 8.42 Å². The van der Waals surface area contributed by atoms with Crippen LogP contribution in [0.15, 0.2) is 23.1 Å². The summed E-state index contributed by atoms with van der Waals surface area (Å²) in [5.41, 5.74) is 1.40. The van der Waals surface area contributed by atoms with E-state index in [2.05, 4.69) is 11.8 Å². The van der Waals surface area contributed by atoms with E-state index in [4.69, 9.17) is 0 Å². The van der Waals surface area contributed by atoms with Crippen molar-refractivity contribution in [2.24, 2.45) is 0 Å². The lowest BCUT2D eigenvalue weighted by atomic mass is 9.77. The Kier molecular flexibility index (Phi) is 5.16. The minimum atomic E-state index is -3.51. The van der Waals surface area contributed by atoms with E-state index in [1.54, 1.807) is 27.4 Å². The summed E-state index contributed by atoms with van der Waals surface area (Å²) in [7, 11) is -3.51. The highest BCUT2D eigenvalue weighted by atomic mass is 32.2. The molecule has 26 heavy (non-hydrogen) atoms. The van der Waals surface area contributed by atoms with Crippen molar-refractivity contribution in [2.45, 2.75) is 44.4 Å². The molecule has 144 valence electrons. The van der Waals surface area contributed by atoms with Gasteiger partial charge in [0.05, 0.1) is 4.90 Å². The molecule has 2 aliphatic rings. The molecular weight excluding hydrogens is 350 g/mol. The fraction of sp³-hybridized carbons (Fsp3) is 0.632. The molecule has 3 rings (SSSR count). The second-order valence-electron chi connectivity index (χ2n) is 7.72. The number of hydrogen-bond acceptors (Lipinski definition) is 4. The molecule has 1 amide bonds.